The van der Waals surface area contributed by atoms with Crippen molar-refractivity contribution in [3.63, 3.8) is 0 Å². The Balaban J connectivity index is 1.57. The van der Waals surface area contributed by atoms with Gasteiger partial charge in [-0.1, -0.05) is 18.2 Å². The number of carbonyl (C=O) groups excluding carboxylic acids is 3. The highest BCUT2D eigenvalue weighted by atomic mass is 16.7. The summed E-state index contributed by atoms with van der Waals surface area (Å²) in [5, 5.41) is 5.53. The van der Waals surface area contributed by atoms with Crippen LogP contribution in [0.1, 0.15) is 22.8 Å². The Bertz CT molecular complexity index is 1170. The summed E-state index contributed by atoms with van der Waals surface area (Å²) in [5.74, 6) is 0.339. The molecule has 0 spiro atoms. The predicted molar refractivity (Wildman–Crippen MR) is 129 cm³/mol. The maximum Gasteiger partial charge on any atom is 0.513 e. The van der Waals surface area contributed by atoms with E-state index in [0.717, 1.165) is 11.3 Å². The molecular formula is C26H24N2O6. The quantitative estimate of drug-likeness (QED) is 0.274. The molecule has 0 atom stereocenters. The van der Waals surface area contributed by atoms with E-state index < -0.39 is 6.16 Å². The van der Waals surface area contributed by atoms with Gasteiger partial charge in [0.2, 0.25) is 5.91 Å². The van der Waals surface area contributed by atoms with Crippen LogP contribution < -0.4 is 20.1 Å². The number of rotatable bonds is 8. The van der Waals surface area contributed by atoms with Crippen LogP contribution in [0, 0.1) is 0 Å². The van der Waals surface area contributed by atoms with Crippen molar-refractivity contribution in [1.29, 1.82) is 0 Å². The molecule has 0 unspecified atom stereocenters. The van der Waals surface area contributed by atoms with Gasteiger partial charge in [0.05, 0.1) is 13.7 Å². The van der Waals surface area contributed by atoms with Gasteiger partial charge in [-0.05, 0) is 73.2 Å². The van der Waals surface area contributed by atoms with E-state index in [-0.39, 0.29) is 24.2 Å². The summed E-state index contributed by atoms with van der Waals surface area (Å²) >= 11 is 0. The van der Waals surface area contributed by atoms with Crippen LogP contribution in [-0.2, 0) is 9.53 Å². The molecule has 0 saturated heterocycles. The second-order valence-electron chi connectivity index (χ2n) is 6.94. The molecule has 0 aliphatic heterocycles. The first-order valence-electron chi connectivity index (χ1n) is 10.5. The molecule has 8 heteroatoms. The number of anilines is 2. The smallest absolute Gasteiger partial charge is 0.497 e. The summed E-state index contributed by atoms with van der Waals surface area (Å²) in [5.41, 5.74) is 2.26. The topological polar surface area (TPSA) is 103 Å². The molecule has 174 valence electrons. The van der Waals surface area contributed by atoms with E-state index in [9.17, 15) is 14.4 Å². The van der Waals surface area contributed by atoms with Gasteiger partial charge in [-0.3, -0.25) is 9.59 Å². The van der Waals surface area contributed by atoms with E-state index in [1.54, 1.807) is 44.4 Å². The maximum absolute atomic E-state index is 12.5. The van der Waals surface area contributed by atoms with Crippen LogP contribution in [0.2, 0.25) is 0 Å². The zero-order chi connectivity index (χ0) is 24.3. The Morgan fingerprint density at radius 2 is 1.50 bits per heavy atom. The van der Waals surface area contributed by atoms with Crippen LogP contribution in [0.25, 0.3) is 6.08 Å². The summed E-state index contributed by atoms with van der Waals surface area (Å²) in [6.45, 7) is 1.88. The number of carbonyl (C=O) groups is 3. The Kier molecular flexibility index (Phi) is 8.40. The molecule has 0 saturated carbocycles. The van der Waals surface area contributed by atoms with Crippen LogP contribution in [0.3, 0.4) is 0 Å². The maximum atomic E-state index is 12.5. The van der Waals surface area contributed by atoms with Crippen LogP contribution in [0.4, 0.5) is 16.2 Å². The molecule has 0 radical (unpaired) electrons. The Morgan fingerprint density at radius 1 is 0.853 bits per heavy atom. The molecule has 8 nitrogen and oxygen atoms in total. The largest absolute Gasteiger partial charge is 0.513 e. The molecule has 34 heavy (non-hydrogen) atoms. The number of hydrogen-bond acceptors (Lipinski definition) is 6. The van der Waals surface area contributed by atoms with E-state index in [4.69, 9.17) is 14.2 Å². The van der Waals surface area contributed by atoms with Crippen molar-refractivity contribution in [2.75, 3.05) is 24.4 Å². The fourth-order valence-electron chi connectivity index (χ4n) is 2.87. The molecule has 3 rings (SSSR count). The molecule has 0 aliphatic rings. The summed E-state index contributed by atoms with van der Waals surface area (Å²) in [7, 11) is 1.59. The van der Waals surface area contributed by atoms with E-state index in [0.29, 0.717) is 16.9 Å². The molecule has 0 aliphatic carbocycles. The Labute approximate surface area is 197 Å². The number of amides is 2. The molecule has 0 bridgehead atoms. The van der Waals surface area contributed by atoms with Crippen molar-refractivity contribution in [2.45, 2.75) is 6.92 Å². The highest BCUT2D eigenvalue weighted by Gasteiger charge is 2.09. The minimum Gasteiger partial charge on any atom is -0.497 e. The number of ether oxygens (including phenoxy) is 3. The molecule has 2 amide bonds. The van der Waals surface area contributed by atoms with Gasteiger partial charge in [-0.15, -0.1) is 0 Å². The molecule has 3 aromatic carbocycles. The van der Waals surface area contributed by atoms with Crippen LogP contribution >= 0.6 is 0 Å². The number of methoxy groups -OCH3 is 1. The second-order valence-corrected chi connectivity index (χ2v) is 6.94. The molecule has 0 aromatic heterocycles. The lowest BCUT2D eigenvalue weighted by Crippen LogP contribution is -2.13. The van der Waals surface area contributed by atoms with Crippen molar-refractivity contribution in [1.82, 2.24) is 0 Å². The van der Waals surface area contributed by atoms with Gasteiger partial charge in [-0.25, -0.2) is 4.79 Å². The second kappa shape index (κ2) is 11.9. The minimum absolute atomic E-state index is 0.206. The van der Waals surface area contributed by atoms with Gasteiger partial charge in [0.15, 0.2) is 0 Å². The number of benzene rings is 3. The van der Waals surface area contributed by atoms with Crippen LogP contribution in [0.5, 0.6) is 11.5 Å². The van der Waals surface area contributed by atoms with Crippen LogP contribution in [-0.4, -0.2) is 31.7 Å². The molecule has 2 N–H and O–H groups in total. The lowest BCUT2D eigenvalue weighted by atomic mass is 10.2. The van der Waals surface area contributed by atoms with Gasteiger partial charge in [0.25, 0.3) is 5.91 Å². The third-order valence-corrected chi connectivity index (χ3v) is 4.51. The predicted octanol–water partition coefficient (Wildman–Crippen LogP) is 5.13. The van der Waals surface area contributed by atoms with Gasteiger partial charge in [-0.2, -0.15) is 0 Å². The number of nitrogens with one attached hydrogen (secondary N) is 2. The molecule has 3 aromatic rings. The van der Waals surface area contributed by atoms with Gasteiger partial charge in [0, 0.05) is 23.0 Å². The van der Waals surface area contributed by atoms with Crippen molar-refractivity contribution in [3.8, 4) is 11.5 Å². The molecule has 0 fully saturated rings. The summed E-state index contributed by atoms with van der Waals surface area (Å²) in [6.07, 6.45) is 2.31. The molecule has 0 heterocycles. The average Bonchev–Trinajstić information content (AvgIpc) is 2.84. The SMILES string of the molecule is CCOC(=O)Oc1ccc(C(=O)Nc2cccc(NC(=O)/C=C/c3ccc(OC)cc3)c2)cc1. The summed E-state index contributed by atoms with van der Waals surface area (Å²) < 4.78 is 14.8. The van der Waals surface area contributed by atoms with Gasteiger partial charge >= 0.3 is 6.16 Å². The Morgan fingerprint density at radius 3 is 2.15 bits per heavy atom. The Hall–Kier alpha value is -4.59. The zero-order valence-electron chi connectivity index (χ0n) is 18.7. The van der Waals surface area contributed by atoms with Gasteiger partial charge in [0.1, 0.15) is 11.5 Å². The monoisotopic (exact) mass is 460 g/mol. The lowest BCUT2D eigenvalue weighted by Gasteiger charge is -2.09. The van der Waals surface area contributed by atoms with Crippen molar-refractivity contribution >= 4 is 35.4 Å². The molecular weight excluding hydrogens is 436 g/mol. The normalized spacial score (nSPS) is 10.4. The fraction of sp³-hybridized carbons (Fsp3) is 0.115. The average molecular weight is 460 g/mol. The van der Waals surface area contributed by atoms with Crippen molar-refractivity contribution in [2.24, 2.45) is 0 Å². The van der Waals surface area contributed by atoms with Gasteiger partial charge < -0.3 is 24.8 Å². The lowest BCUT2D eigenvalue weighted by molar-refractivity contribution is -0.111. The third kappa shape index (κ3) is 7.23. The standard InChI is InChI=1S/C26H24N2O6/c1-3-33-26(31)34-23-14-10-19(11-15-23)25(30)28-21-6-4-5-20(17-21)27-24(29)16-9-18-7-12-22(32-2)13-8-18/h4-17H,3H2,1-2H3,(H,27,29)(H,28,30)/b16-9+. The van der Waals surface area contributed by atoms with E-state index in [1.807, 2.05) is 24.3 Å². The highest BCUT2D eigenvalue weighted by Crippen LogP contribution is 2.18. The van der Waals surface area contributed by atoms with Crippen molar-refractivity contribution < 1.29 is 28.6 Å². The first kappa shape index (κ1) is 24.1. The summed E-state index contributed by atoms with van der Waals surface area (Å²) in [4.78, 5) is 36.2. The fourth-order valence-corrected chi connectivity index (χ4v) is 2.87. The first-order valence-corrected chi connectivity index (χ1v) is 10.5. The zero-order valence-corrected chi connectivity index (χ0v) is 18.7. The highest BCUT2D eigenvalue weighted by molar-refractivity contribution is 6.05. The van der Waals surface area contributed by atoms with E-state index in [2.05, 4.69) is 10.6 Å². The minimum atomic E-state index is -0.808. The van der Waals surface area contributed by atoms with E-state index >= 15 is 0 Å². The summed E-state index contributed by atoms with van der Waals surface area (Å²) in [6, 6.07) is 20.1. The van der Waals surface area contributed by atoms with E-state index in [1.165, 1.54) is 30.3 Å². The third-order valence-electron chi connectivity index (χ3n) is 4.51. The van der Waals surface area contributed by atoms with Crippen molar-refractivity contribution in [3.05, 3.63) is 90.0 Å². The van der Waals surface area contributed by atoms with Crippen LogP contribution in [0.15, 0.2) is 78.9 Å². The first-order chi connectivity index (χ1) is 16.5. The number of hydrogen-bond donors (Lipinski definition) is 2.